The van der Waals surface area contributed by atoms with Crippen LogP contribution in [0, 0.1) is 5.92 Å². The monoisotopic (exact) mass is 391 g/mol. The molecule has 6 nitrogen and oxygen atoms in total. The fourth-order valence-corrected chi connectivity index (χ4v) is 3.89. The normalized spacial score (nSPS) is 17.6. The minimum atomic E-state index is -0.356. The third-order valence-electron chi connectivity index (χ3n) is 5.28. The van der Waals surface area contributed by atoms with Crippen LogP contribution in [0.25, 0.3) is 0 Å². The summed E-state index contributed by atoms with van der Waals surface area (Å²) < 4.78 is 0. The van der Waals surface area contributed by atoms with E-state index in [1.165, 1.54) is 0 Å². The third-order valence-corrected chi connectivity index (χ3v) is 5.61. The maximum Gasteiger partial charge on any atom is 0.253 e. The summed E-state index contributed by atoms with van der Waals surface area (Å²) in [5.41, 5.74) is 0.895. The molecule has 2 aliphatic rings. The van der Waals surface area contributed by atoms with E-state index in [2.05, 4.69) is 10.6 Å². The number of hydrogen-bond donors (Lipinski definition) is 2. The summed E-state index contributed by atoms with van der Waals surface area (Å²) in [4.78, 5) is 38.7. The van der Waals surface area contributed by atoms with Gasteiger partial charge in [-0.3, -0.25) is 14.4 Å². The molecule has 0 bridgehead atoms. The van der Waals surface area contributed by atoms with Crippen LogP contribution >= 0.6 is 11.6 Å². The van der Waals surface area contributed by atoms with Crippen LogP contribution in [-0.4, -0.2) is 42.3 Å². The first-order chi connectivity index (χ1) is 13.0. The van der Waals surface area contributed by atoms with E-state index in [0.29, 0.717) is 16.3 Å². The van der Waals surface area contributed by atoms with Crippen molar-refractivity contribution in [3.05, 3.63) is 28.8 Å². The topological polar surface area (TPSA) is 78.5 Å². The van der Waals surface area contributed by atoms with Gasteiger partial charge in [-0.1, -0.05) is 24.4 Å². The zero-order chi connectivity index (χ0) is 19.2. The predicted octanol–water partition coefficient (Wildman–Crippen LogP) is 3.21. The highest BCUT2D eigenvalue weighted by Crippen LogP contribution is 2.25. The highest BCUT2D eigenvalue weighted by Gasteiger charge is 2.23. The number of amides is 3. The Kier molecular flexibility index (Phi) is 6.72. The van der Waals surface area contributed by atoms with E-state index in [1.807, 2.05) is 4.90 Å². The fraction of sp³-hybridized carbons (Fsp3) is 0.550. The van der Waals surface area contributed by atoms with Crippen LogP contribution in [0.1, 0.15) is 55.3 Å². The molecule has 2 fully saturated rings. The molecule has 1 aromatic carbocycles. The van der Waals surface area contributed by atoms with E-state index in [4.69, 9.17) is 11.6 Å². The van der Waals surface area contributed by atoms with E-state index in [0.717, 1.165) is 58.0 Å². The first-order valence-electron chi connectivity index (χ1n) is 9.71. The Morgan fingerprint density at radius 1 is 1.04 bits per heavy atom. The van der Waals surface area contributed by atoms with E-state index < -0.39 is 0 Å². The van der Waals surface area contributed by atoms with Gasteiger partial charge in [0, 0.05) is 24.6 Å². The van der Waals surface area contributed by atoms with Gasteiger partial charge >= 0.3 is 0 Å². The van der Waals surface area contributed by atoms with Crippen LogP contribution in [0.5, 0.6) is 0 Å². The van der Waals surface area contributed by atoms with Gasteiger partial charge in [-0.05, 0) is 50.3 Å². The largest absolute Gasteiger partial charge is 0.347 e. The van der Waals surface area contributed by atoms with Crippen molar-refractivity contribution in [2.24, 2.45) is 5.92 Å². The molecule has 7 heteroatoms. The van der Waals surface area contributed by atoms with Crippen molar-refractivity contribution >= 4 is 35.0 Å². The van der Waals surface area contributed by atoms with E-state index in [9.17, 15) is 14.4 Å². The smallest absolute Gasteiger partial charge is 0.253 e. The van der Waals surface area contributed by atoms with Crippen molar-refractivity contribution < 1.29 is 14.4 Å². The maximum atomic E-state index is 12.6. The molecule has 0 spiro atoms. The first-order valence-corrected chi connectivity index (χ1v) is 10.1. The number of nitrogens with one attached hydrogen (secondary N) is 2. The molecule has 3 rings (SSSR count). The number of benzene rings is 1. The summed E-state index contributed by atoms with van der Waals surface area (Å²) in [5, 5.41) is 5.74. The van der Waals surface area contributed by atoms with Crippen LogP contribution in [0.2, 0.25) is 5.02 Å². The quantitative estimate of drug-likeness (QED) is 0.808. The van der Waals surface area contributed by atoms with Gasteiger partial charge in [0.15, 0.2) is 0 Å². The van der Waals surface area contributed by atoms with E-state index in [-0.39, 0.29) is 30.2 Å². The Morgan fingerprint density at radius 3 is 2.44 bits per heavy atom. The molecule has 27 heavy (non-hydrogen) atoms. The molecule has 146 valence electrons. The Balaban J connectivity index is 1.57. The molecule has 2 N–H and O–H groups in total. The molecule has 0 atom stereocenters. The lowest BCUT2D eigenvalue weighted by Gasteiger charge is -2.27. The lowest BCUT2D eigenvalue weighted by atomic mass is 10.1. The Labute approximate surface area is 164 Å². The third kappa shape index (κ3) is 5.22. The zero-order valence-electron chi connectivity index (χ0n) is 15.4. The number of nitrogens with zero attached hydrogens (tertiary/aromatic N) is 1. The molecule has 1 aliphatic carbocycles. The maximum absolute atomic E-state index is 12.6. The van der Waals surface area contributed by atoms with Crippen molar-refractivity contribution in [2.45, 2.75) is 44.9 Å². The minimum Gasteiger partial charge on any atom is -0.347 e. The van der Waals surface area contributed by atoms with Crippen LogP contribution in [0.15, 0.2) is 18.2 Å². The molecule has 0 unspecified atom stereocenters. The highest BCUT2D eigenvalue weighted by molar-refractivity contribution is 6.34. The molecule has 1 saturated carbocycles. The molecule has 0 radical (unpaired) electrons. The second-order valence-corrected chi connectivity index (χ2v) is 7.70. The Hall–Kier alpha value is -2.08. The Morgan fingerprint density at radius 2 is 1.74 bits per heavy atom. The van der Waals surface area contributed by atoms with E-state index in [1.54, 1.807) is 18.2 Å². The molecule has 1 saturated heterocycles. The molecule has 3 amide bonds. The summed E-state index contributed by atoms with van der Waals surface area (Å²) in [6.07, 6.45) is 7.10. The fourth-order valence-electron chi connectivity index (χ4n) is 3.73. The molecule has 1 aromatic rings. The van der Waals surface area contributed by atoms with Crippen LogP contribution in [0.3, 0.4) is 0 Å². The number of rotatable bonds is 5. The van der Waals surface area contributed by atoms with Gasteiger partial charge in [0.05, 0.1) is 17.3 Å². The number of carbonyl (C=O) groups excluding carboxylic acids is 3. The SMILES string of the molecule is O=C(CNC(=O)C1CCCC1)Nc1cc(C(=O)N2CCCCC2)ccc1Cl. The number of hydrogen-bond acceptors (Lipinski definition) is 3. The van der Waals surface area contributed by atoms with Crippen molar-refractivity contribution in [3.63, 3.8) is 0 Å². The number of anilines is 1. The van der Waals surface area contributed by atoms with Gasteiger partial charge in [-0.2, -0.15) is 0 Å². The zero-order valence-corrected chi connectivity index (χ0v) is 16.2. The number of piperidine rings is 1. The average Bonchev–Trinajstić information content (AvgIpc) is 3.23. The lowest BCUT2D eigenvalue weighted by Crippen LogP contribution is -2.36. The van der Waals surface area contributed by atoms with Crippen LogP contribution in [-0.2, 0) is 9.59 Å². The van der Waals surface area contributed by atoms with Crippen molar-refractivity contribution in [1.29, 1.82) is 0 Å². The summed E-state index contributed by atoms with van der Waals surface area (Å²) >= 11 is 6.17. The standard InChI is InChI=1S/C20H26ClN3O3/c21-16-9-8-15(20(27)24-10-4-1-5-11-24)12-17(16)23-18(25)13-22-19(26)14-6-2-3-7-14/h8-9,12,14H,1-7,10-11,13H2,(H,22,26)(H,23,25). The number of halogens is 1. The number of carbonyl (C=O) groups is 3. The minimum absolute atomic E-state index is 0.0203. The Bertz CT molecular complexity index is 710. The summed E-state index contributed by atoms with van der Waals surface area (Å²) in [6.45, 7) is 1.42. The van der Waals surface area contributed by atoms with Crippen molar-refractivity contribution in [2.75, 3.05) is 25.0 Å². The van der Waals surface area contributed by atoms with Gasteiger partial charge in [0.1, 0.15) is 0 Å². The van der Waals surface area contributed by atoms with Crippen molar-refractivity contribution in [3.8, 4) is 0 Å². The predicted molar refractivity (Wildman–Crippen MR) is 105 cm³/mol. The number of likely N-dealkylation sites (tertiary alicyclic amines) is 1. The second kappa shape index (κ2) is 9.22. The van der Waals surface area contributed by atoms with Gasteiger partial charge in [0.2, 0.25) is 11.8 Å². The second-order valence-electron chi connectivity index (χ2n) is 7.29. The van der Waals surface area contributed by atoms with Gasteiger partial charge in [0.25, 0.3) is 5.91 Å². The molecular formula is C20H26ClN3O3. The van der Waals surface area contributed by atoms with Crippen molar-refractivity contribution in [1.82, 2.24) is 10.2 Å². The summed E-state index contributed by atoms with van der Waals surface area (Å²) in [5.74, 6) is -0.447. The summed E-state index contributed by atoms with van der Waals surface area (Å²) in [7, 11) is 0. The summed E-state index contributed by atoms with van der Waals surface area (Å²) in [6, 6.07) is 4.90. The van der Waals surface area contributed by atoms with Crippen LogP contribution < -0.4 is 10.6 Å². The average molecular weight is 392 g/mol. The van der Waals surface area contributed by atoms with Gasteiger partial charge in [-0.25, -0.2) is 0 Å². The molecule has 0 aromatic heterocycles. The first kappa shape index (κ1) is 19.7. The highest BCUT2D eigenvalue weighted by atomic mass is 35.5. The molecular weight excluding hydrogens is 366 g/mol. The lowest BCUT2D eigenvalue weighted by molar-refractivity contribution is -0.127. The van der Waals surface area contributed by atoms with E-state index >= 15 is 0 Å². The molecule has 1 aliphatic heterocycles. The van der Waals surface area contributed by atoms with Crippen LogP contribution in [0.4, 0.5) is 5.69 Å². The molecule has 1 heterocycles. The van der Waals surface area contributed by atoms with Gasteiger partial charge < -0.3 is 15.5 Å². The van der Waals surface area contributed by atoms with Gasteiger partial charge in [-0.15, -0.1) is 0 Å².